The molecule has 0 spiro atoms. The van der Waals surface area contributed by atoms with Crippen LogP contribution in [0.4, 0.5) is 13.2 Å². The molecule has 0 saturated carbocycles. The number of carbonyl (C=O) groups excluding carboxylic acids is 1. The molecule has 5 rings (SSSR count). The fourth-order valence-corrected chi connectivity index (χ4v) is 5.63. The lowest BCUT2D eigenvalue weighted by Gasteiger charge is -2.33. The number of carbonyl (C=O) groups is 1. The van der Waals surface area contributed by atoms with Gasteiger partial charge in [-0.1, -0.05) is 67.0 Å². The zero-order chi connectivity index (χ0) is 31.4. The van der Waals surface area contributed by atoms with E-state index in [0.29, 0.717) is 29.3 Å². The lowest BCUT2D eigenvalue weighted by Crippen LogP contribution is -2.43. The summed E-state index contributed by atoms with van der Waals surface area (Å²) in [7, 11) is 0. The number of amides is 1. The number of hydrogen-bond acceptors (Lipinski definition) is 6. The molecule has 2 aromatic carbocycles. The fourth-order valence-electron chi connectivity index (χ4n) is 5.63. The van der Waals surface area contributed by atoms with E-state index in [-0.39, 0.29) is 55.9 Å². The predicted octanol–water partition coefficient (Wildman–Crippen LogP) is 5.30. The van der Waals surface area contributed by atoms with Gasteiger partial charge in [0.05, 0.1) is 18.9 Å². The second-order valence-corrected chi connectivity index (χ2v) is 11.1. The molecular weight excluding hydrogens is 575 g/mol. The molecular formula is C32H34F3N5O4. The second-order valence-electron chi connectivity index (χ2n) is 11.1. The van der Waals surface area contributed by atoms with Crippen molar-refractivity contribution in [3.8, 4) is 22.5 Å². The molecule has 0 atom stereocenters. The van der Waals surface area contributed by atoms with Crippen molar-refractivity contribution in [1.29, 1.82) is 0 Å². The normalized spacial score (nSPS) is 14.2. The monoisotopic (exact) mass is 609 g/mol. The summed E-state index contributed by atoms with van der Waals surface area (Å²) in [6.45, 7) is 4.02. The summed E-state index contributed by atoms with van der Waals surface area (Å²) < 4.78 is 45.6. The third-order valence-electron chi connectivity index (χ3n) is 8.17. The molecule has 2 aromatic heterocycles. The number of benzene rings is 2. The maximum Gasteiger partial charge on any atom is 0.439 e. The van der Waals surface area contributed by atoms with Crippen LogP contribution in [0.3, 0.4) is 0 Å². The summed E-state index contributed by atoms with van der Waals surface area (Å²) in [5.74, 6) is -1.47. The number of alkyl halides is 3. The van der Waals surface area contributed by atoms with Gasteiger partial charge in [0.15, 0.2) is 5.82 Å². The highest BCUT2D eigenvalue weighted by molar-refractivity contribution is 5.80. The molecule has 1 aliphatic heterocycles. The Hall–Kier alpha value is -4.48. The molecule has 1 fully saturated rings. The zero-order valence-corrected chi connectivity index (χ0v) is 24.6. The van der Waals surface area contributed by atoms with Crippen LogP contribution in [0.5, 0.6) is 0 Å². The summed E-state index contributed by atoms with van der Waals surface area (Å²) >= 11 is 0. The molecule has 0 radical (unpaired) electrons. The van der Waals surface area contributed by atoms with Crippen LogP contribution in [0.1, 0.15) is 55.3 Å². The van der Waals surface area contributed by atoms with Crippen molar-refractivity contribution < 1.29 is 22.5 Å². The summed E-state index contributed by atoms with van der Waals surface area (Å²) in [5.41, 5.74) is 3.67. The smallest absolute Gasteiger partial charge is 0.342 e. The first-order valence-corrected chi connectivity index (χ1v) is 14.7. The predicted molar refractivity (Wildman–Crippen MR) is 158 cm³/mol. The number of aryl methyl sites for hydroxylation is 2. The summed E-state index contributed by atoms with van der Waals surface area (Å²) in [4.78, 5) is 47.1. The van der Waals surface area contributed by atoms with Gasteiger partial charge in [-0.3, -0.25) is 23.7 Å². The minimum Gasteiger partial charge on any atom is -0.342 e. The molecule has 1 amide bonds. The average molecular weight is 610 g/mol. The maximum absolute atomic E-state index is 13.8. The van der Waals surface area contributed by atoms with E-state index >= 15 is 0 Å². The molecule has 12 heteroatoms. The summed E-state index contributed by atoms with van der Waals surface area (Å²) in [6.07, 6.45) is -2.41. The molecule has 4 aromatic rings. The number of aromatic amines is 1. The van der Waals surface area contributed by atoms with Gasteiger partial charge in [-0.15, -0.1) is 0 Å². The Kier molecular flexibility index (Phi) is 9.17. The Balaban J connectivity index is 1.39. The largest absolute Gasteiger partial charge is 0.439 e. The molecule has 1 saturated heterocycles. The van der Waals surface area contributed by atoms with Gasteiger partial charge in [0, 0.05) is 36.3 Å². The molecule has 232 valence electrons. The van der Waals surface area contributed by atoms with E-state index in [1.54, 1.807) is 11.5 Å². The topological polar surface area (TPSA) is 114 Å². The van der Waals surface area contributed by atoms with Crippen molar-refractivity contribution in [2.24, 2.45) is 5.92 Å². The van der Waals surface area contributed by atoms with Crippen molar-refractivity contribution in [1.82, 2.24) is 24.6 Å². The van der Waals surface area contributed by atoms with Gasteiger partial charge in [0.1, 0.15) is 5.82 Å². The number of piperidine rings is 1. The van der Waals surface area contributed by atoms with Gasteiger partial charge in [0.2, 0.25) is 5.91 Å². The number of rotatable bonds is 9. The maximum atomic E-state index is 13.8. The number of H-pyrrole nitrogens is 1. The van der Waals surface area contributed by atoms with Crippen LogP contribution in [0.25, 0.3) is 22.5 Å². The molecule has 1 N–H and O–H groups in total. The van der Waals surface area contributed by atoms with Crippen LogP contribution in [0, 0.1) is 12.8 Å². The number of hydrogen-bond donors (Lipinski definition) is 1. The van der Waals surface area contributed by atoms with E-state index in [1.165, 1.54) is 4.90 Å². The molecule has 0 aliphatic carbocycles. The van der Waals surface area contributed by atoms with Crippen molar-refractivity contribution in [3.63, 3.8) is 0 Å². The van der Waals surface area contributed by atoms with Crippen LogP contribution in [0.2, 0.25) is 0 Å². The highest BCUT2D eigenvalue weighted by atomic mass is 19.4. The molecule has 3 heterocycles. The van der Waals surface area contributed by atoms with Gasteiger partial charge in [0.25, 0.3) is 5.56 Å². The molecule has 0 bridgehead atoms. The number of unbranched alkanes of at least 4 members (excludes halogenated alkanes) is 1. The molecule has 9 nitrogen and oxygen atoms in total. The van der Waals surface area contributed by atoms with Crippen LogP contribution >= 0.6 is 0 Å². The van der Waals surface area contributed by atoms with Crippen LogP contribution < -0.4 is 11.3 Å². The van der Waals surface area contributed by atoms with Crippen molar-refractivity contribution >= 4 is 5.91 Å². The van der Waals surface area contributed by atoms with E-state index < -0.39 is 17.9 Å². The van der Waals surface area contributed by atoms with Gasteiger partial charge in [-0.25, -0.2) is 9.78 Å². The van der Waals surface area contributed by atoms with E-state index in [0.717, 1.165) is 29.5 Å². The minimum absolute atomic E-state index is 0.0144. The van der Waals surface area contributed by atoms with Gasteiger partial charge in [-0.05, 0) is 42.9 Å². The Labute approximate surface area is 251 Å². The number of nitrogens with zero attached hydrogens (tertiary/aromatic N) is 4. The van der Waals surface area contributed by atoms with E-state index in [2.05, 4.69) is 21.6 Å². The Morgan fingerprint density at radius 1 is 1.05 bits per heavy atom. The van der Waals surface area contributed by atoms with Crippen molar-refractivity contribution in [2.45, 2.75) is 65.1 Å². The van der Waals surface area contributed by atoms with Crippen LogP contribution in [0.15, 0.2) is 62.6 Å². The quantitative estimate of drug-likeness (QED) is 0.276. The average Bonchev–Trinajstić information content (AvgIpc) is 3.45. The number of halogens is 3. The standard InChI is InChI=1S/C32H34F3N5O4/c1-3-4-9-27-36-20(2)26(18-28(41)39-16-14-23(15-17-39)32(33,34)35)30(42)40(27)19-21-10-12-22(13-11-21)24-7-5-6-8-25(24)29-37-31(43)44-38-29/h5-8,10-13,23H,3-4,9,14-19H2,1-2H3,(H,37,38,43). The minimum atomic E-state index is -4.27. The SMILES string of the molecule is CCCCc1nc(C)c(CC(=O)N2CCC(C(F)(F)F)CC2)c(=O)n1Cc1ccc(-c2ccccc2-c2noc(=O)[nH]2)cc1. The molecule has 1 aliphatic rings. The lowest BCUT2D eigenvalue weighted by atomic mass is 9.96. The van der Waals surface area contributed by atoms with E-state index in [4.69, 9.17) is 4.98 Å². The highest BCUT2D eigenvalue weighted by Crippen LogP contribution is 2.34. The lowest BCUT2D eigenvalue weighted by molar-refractivity contribution is -0.186. The Morgan fingerprint density at radius 2 is 1.73 bits per heavy atom. The Bertz CT molecular complexity index is 1730. The first kappa shape index (κ1) is 31.0. The van der Waals surface area contributed by atoms with Gasteiger partial charge < -0.3 is 4.90 Å². The second kappa shape index (κ2) is 13.0. The fraction of sp³-hybridized carbons (Fsp3) is 0.406. The summed E-state index contributed by atoms with van der Waals surface area (Å²) in [6, 6.07) is 15.1. The number of nitrogens with one attached hydrogen (secondary N) is 1. The van der Waals surface area contributed by atoms with Crippen molar-refractivity contribution in [3.05, 3.63) is 92.1 Å². The zero-order valence-electron chi connectivity index (χ0n) is 24.6. The first-order chi connectivity index (χ1) is 21.0. The number of aromatic nitrogens is 4. The van der Waals surface area contributed by atoms with E-state index in [1.807, 2.05) is 48.5 Å². The van der Waals surface area contributed by atoms with Gasteiger partial charge in [-0.2, -0.15) is 13.2 Å². The van der Waals surface area contributed by atoms with Gasteiger partial charge >= 0.3 is 11.9 Å². The first-order valence-electron chi connectivity index (χ1n) is 14.7. The third kappa shape index (κ3) is 6.84. The summed E-state index contributed by atoms with van der Waals surface area (Å²) in [5, 5.41) is 3.81. The van der Waals surface area contributed by atoms with Crippen LogP contribution in [-0.2, 0) is 24.2 Å². The van der Waals surface area contributed by atoms with E-state index in [9.17, 15) is 27.6 Å². The van der Waals surface area contributed by atoms with Crippen LogP contribution in [-0.4, -0.2) is 49.8 Å². The van der Waals surface area contributed by atoms with Crippen molar-refractivity contribution in [2.75, 3.05) is 13.1 Å². The molecule has 44 heavy (non-hydrogen) atoms. The third-order valence-corrected chi connectivity index (χ3v) is 8.17. The number of likely N-dealkylation sites (tertiary alicyclic amines) is 1. The molecule has 0 unspecified atom stereocenters. The highest BCUT2D eigenvalue weighted by Gasteiger charge is 2.41. The Morgan fingerprint density at radius 3 is 2.34 bits per heavy atom.